The molecule has 1 aromatic carbocycles. The van der Waals surface area contributed by atoms with Gasteiger partial charge in [-0.15, -0.1) is 0 Å². The summed E-state index contributed by atoms with van der Waals surface area (Å²) in [5, 5.41) is 2.60. The number of alkyl halides is 3. The Kier molecular flexibility index (Phi) is 5.69. The maximum absolute atomic E-state index is 12.5. The van der Waals surface area contributed by atoms with Gasteiger partial charge >= 0.3 is 12.3 Å². The largest absolute Gasteiger partial charge is 0.450 e. The predicted molar refractivity (Wildman–Crippen MR) is 81.4 cm³/mol. The molecule has 0 radical (unpaired) electrons. The van der Waals surface area contributed by atoms with Crippen molar-refractivity contribution >= 4 is 17.7 Å². The van der Waals surface area contributed by atoms with E-state index in [9.17, 15) is 22.8 Å². The van der Waals surface area contributed by atoms with Crippen LogP contribution in [0.25, 0.3) is 0 Å². The van der Waals surface area contributed by atoms with Gasteiger partial charge in [-0.25, -0.2) is 4.79 Å². The molecule has 132 valence electrons. The van der Waals surface area contributed by atoms with Crippen molar-refractivity contribution in [3.63, 3.8) is 0 Å². The lowest BCUT2D eigenvalue weighted by molar-refractivity contribution is -0.137. The topological polar surface area (TPSA) is 58.6 Å². The van der Waals surface area contributed by atoms with Gasteiger partial charge in [-0.3, -0.25) is 4.79 Å². The van der Waals surface area contributed by atoms with Gasteiger partial charge in [0, 0.05) is 18.8 Å². The molecule has 0 spiro atoms. The number of hydrogen-bond donors (Lipinski definition) is 1. The zero-order chi connectivity index (χ0) is 17.7. The Labute approximate surface area is 137 Å². The van der Waals surface area contributed by atoms with E-state index in [4.69, 9.17) is 4.74 Å². The molecule has 1 saturated heterocycles. The molecule has 2 rings (SSSR count). The molecule has 1 aliphatic rings. The second kappa shape index (κ2) is 7.55. The number of piperidine rings is 1. The van der Waals surface area contributed by atoms with Crippen LogP contribution < -0.4 is 5.32 Å². The van der Waals surface area contributed by atoms with Gasteiger partial charge in [-0.2, -0.15) is 13.2 Å². The second-order valence-corrected chi connectivity index (χ2v) is 5.55. The van der Waals surface area contributed by atoms with Crippen molar-refractivity contribution in [2.45, 2.75) is 25.9 Å². The van der Waals surface area contributed by atoms with E-state index in [0.717, 1.165) is 12.1 Å². The number of nitrogens with zero attached hydrogens (tertiary/aromatic N) is 1. The van der Waals surface area contributed by atoms with Crippen molar-refractivity contribution < 1.29 is 27.5 Å². The van der Waals surface area contributed by atoms with Crippen LogP contribution in [0.5, 0.6) is 0 Å². The minimum absolute atomic E-state index is 0.241. The number of anilines is 1. The molecule has 1 heterocycles. The van der Waals surface area contributed by atoms with Crippen LogP contribution in [0.15, 0.2) is 24.3 Å². The molecule has 24 heavy (non-hydrogen) atoms. The fourth-order valence-electron chi connectivity index (χ4n) is 2.56. The first-order chi connectivity index (χ1) is 11.3. The summed E-state index contributed by atoms with van der Waals surface area (Å²) in [5.74, 6) is -0.728. The van der Waals surface area contributed by atoms with E-state index in [1.165, 1.54) is 17.0 Å². The Morgan fingerprint density at radius 2 is 1.96 bits per heavy atom. The van der Waals surface area contributed by atoms with Gasteiger partial charge in [0.15, 0.2) is 0 Å². The maximum atomic E-state index is 12.5. The van der Waals surface area contributed by atoms with Gasteiger partial charge in [-0.05, 0) is 44.0 Å². The average Bonchev–Trinajstić information content (AvgIpc) is 2.55. The van der Waals surface area contributed by atoms with Gasteiger partial charge in [0.2, 0.25) is 5.91 Å². The normalized spacial score (nSPS) is 18.2. The first-order valence-electron chi connectivity index (χ1n) is 7.71. The van der Waals surface area contributed by atoms with Gasteiger partial charge in [0.05, 0.1) is 18.1 Å². The highest BCUT2D eigenvalue weighted by molar-refractivity contribution is 5.93. The van der Waals surface area contributed by atoms with Gasteiger partial charge in [0.25, 0.3) is 0 Å². The third kappa shape index (κ3) is 4.62. The van der Waals surface area contributed by atoms with Crippen LogP contribution in [-0.2, 0) is 15.7 Å². The fraction of sp³-hybridized carbons (Fsp3) is 0.500. The van der Waals surface area contributed by atoms with E-state index in [0.29, 0.717) is 25.1 Å². The molecule has 2 amide bonds. The molecule has 0 aromatic heterocycles. The quantitative estimate of drug-likeness (QED) is 0.913. The van der Waals surface area contributed by atoms with Crippen molar-refractivity contribution in [1.29, 1.82) is 0 Å². The third-order valence-electron chi connectivity index (χ3n) is 3.80. The summed E-state index contributed by atoms with van der Waals surface area (Å²) in [4.78, 5) is 25.5. The van der Waals surface area contributed by atoms with E-state index in [2.05, 4.69) is 5.32 Å². The maximum Gasteiger partial charge on any atom is 0.416 e. The molecule has 1 aliphatic heterocycles. The van der Waals surface area contributed by atoms with Crippen LogP contribution in [0.2, 0.25) is 0 Å². The Morgan fingerprint density at radius 1 is 1.29 bits per heavy atom. The lowest BCUT2D eigenvalue weighted by Crippen LogP contribution is -2.44. The molecule has 0 aliphatic carbocycles. The van der Waals surface area contributed by atoms with Crippen molar-refractivity contribution in [3.05, 3.63) is 29.8 Å². The molecule has 1 N–H and O–H groups in total. The van der Waals surface area contributed by atoms with E-state index < -0.39 is 23.8 Å². The van der Waals surface area contributed by atoms with Crippen LogP contribution in [-0.4, -0.2) is 36.6 Å². The van der Waals surface area contributed by atoms with Crippen LogP contribution in [0, 0.1) is 5.92 Å². The van der Waals surface area contributed by atoms with Gasteiger partial charge in [-0.1, -0.05) is 0 Å². The molecular weight excluding hydrogens is 325 g/mol. The molecule has 0 saturated carbocycles. The molecule has 5 nitrogen and oxygen atoms in total. The van der Waals surface area contributed by atoms with Gasteiger partial charge in [0.1, 0.15) is 0 Å². The zero-order valence-electron chi connectivity index (χ0n) is 13.2. The fourth-order valence-corrected chi connectivity index (χ4v) is 2.56. The molecule has 1 atom stereocenters. The zero-order valence-corrected chi connectivity index (χ0v) is 13.2. The van der Waals surface area contributed by atoms with Crippen molar-refractivity contribution in [1.82, 2.24) is 4.90 Å². The predicted octanol–water partition coefficient (Wildman–Crippen LogP) is 3.51. The lowest BCUT2D eigenvalue weighted by Gasteiger charge is -2.31. The van der Waals surface area contributed by atoms with E-state index in [1.54, 1.807) is 6.92 Å². The highest BCUT2D eigenvalue weighted by atomic mass is 19.4. The molecule has 8 heteroatoms. The summed E-state index contributed by atoms with van der Waals surface area (Å²) in [6.45, 7) is 2.74. The standard InChI is InChI=1S/C16H19F3N2O3/c1-2-24-15(23)21-9-3-4-11(10-21)14(22)20-13-7-5-12(6-8-13)16(17,18)19/h5-8,11H,2-4,9-10H2,1H3,(H,20,22). The third-order valence-corrected chi connectivity index (χ3v) is 3.80. The number of carbonyl (C=O) groups excluding carboxylic acids is 2. The first kappa shape index (κ1) is 18.1. The average molecular weight is 344 g/mol. The van der Waals surface area contributed by atoms with E-state index in [-0.39, 0.29) is 19.1 Å². The number of halogens is 3. The monoisotopic (exact) mass is 344 g/mol. The summed E-state index contributed by atoms with van der Waals surface area (Å²) in [7, 11) is 0. The van der Waals surface area contributed by atoms with Crippen molar-refractivity contribution in [2.24, 2.45) is 5.92 Å². The Morgan fingerprint density at radius 3 is 2.54 bits per heavy atom. The Balaban J connectivity index is 1.95. The summed E-state index contributed by atoms with van der Waals surface area (Å²) >= 11 is 0. The number of ether oxygens (including phenoxy) is 1. The molecule has 1 unspecified atom stereocenters. The molecule has 1 fully saturated rings. The highest BCUT2D eigenvalue weighted by Gasteiger charge is 2.31. The summed E-state index contributed by atoms with van der Waals surface area (Å²) in [6, 6.07) is 4.27. The molecular formula is C16H19F3N2O3. The molecule has 0 bridgehead atoms. The van der Waals surface area contributed by atoms with E-state index >= 15 is 0 Å². The lowest BCUT2D eigenvalue weighted by atomic mass is 9.97. The van der Waals surface area contributed by atoms with Crippen molar-refractivity contribution in [2.75, 3.05) is 25.0 Å². The van der Waals surface area contributed by atoms with Gasteiger partial charge < -0.3 is 15.0 Å². The summed E-state index contributed by atoms with van der Waals surface area (Å²) in [6.07, 6.45) is -3.58. The smallest absolute Gasteiger partial charge is 0.416 e. The summed E-state index contributed by atoms with van der Waals surface area (Å²) in [5.41, 5.74) is -0.479. The first-order valence-corrected chi connectivity index (χ1v) is 7.71. The molecule has 1 aromatic rings. The van der Waals surface area contributed by atoms with Crippen LogP contribution in [0.3, 0.4) is 0 Å². The van der Waals surface area contributed by atoms with Crippen molar-refractivity contribution in [3.8, 4) is 0 Å². The van der Waals surface area contributed by atoms with Crippen LogP contribution in [0.1, 0.15) is 25.3 Å². The minimum atomic E-state index is -4.41. The number of carbonyl (C=O) groups is 2. The second-order valence-electron chi connectivity index (χ2n) is 5.55. The minimum Gasteiger partial charge on any atom is -0.450 e. The summed E-state index contributed by atoms with van der Waals surface area (Å²) < 4.78 is 42.5. The SMILES string of the molecule is CCOC(=O)N1CCCC(C(=O)Nc2ccc(C(F)(F)F)cc2)C1. The van der Waals surface area contributed by atoms with E-state index in [1.807, 2.05) is 0 Å². The Hall–Kier alpha value is -2.25. The number of benzene rings is 1. The number of amides is 2. The van der Waals surface area contributed by atoms with Crippen LogP contribution >= 0.6 is 0 Å². The number of nitrogens with one attached hydrogen (secondary N) is 1. The number of likely N-dealkylation sites (tertiary alicyclic amines) is 1. The number of rotatable bonds is 3. The number of hydrogen-bond acceptors (Lipinski definition) is 3. The highest BCUT2D eigenvalue weighted by Crippen LogP contribution is 2.30. The Bertz CT molecular complexity index is 587. The van der Waals surface area contributed by atoms with Crippen LogP contribution in [0.4, 0.5) is 23.7 Å².